The van der Waals surface area contributed by atoms with Crippen LogP contribution in [0.2, 0.25) is 0 Å². The van der Waals surface area contributed by atoms with Gasteiger partial charge in [0.2, 0.25) is 5.91 Å². The van der Waals surface area contributed by atoms with E-state index in [1.165, 1.54) is 0 Å². The molecule has 1 amide bonds. The summed E-state index contributed by atoms with van der Waals surface area (Å²) >= 11 is 0. The first-order valence-electron chi connectivity index (χ1n) is 6.72. The number of likely N-dealkylation sites (tertiary alicyclic amines) is 1. The number of carbonyl (C=O) groups is 1. The molecule has 0 spiro atoms. The topological polar surface area (TPSA) is 52.6 Å². The van der Waals surface area contributed by atoms with Gasteiger partial charge < -0.3 is 15.3 Å². The second-order valence-electron chi connectivity index (χ2n) is 5.85. The van der Waals surface area contributed by atoms with Crippen LogP contribution >= 0.6 is 0 Å². The molecule has 2 rings (SSSR count). The zero-order valence-electron chi connectivity index (χ0n) is 11.0. The van der Waals surface area contributed by atoms with Crippen molar-refractivity contribution in [1.29, 1.82) is 0 Å². The molecule has 0 aromatic rings. The Balaban J connectivity index is 2.01. The van der Waals surface area contributed by atoms with E-state index in [0.717, 1.165) is 25.9 Å². The van der Waals surface area contributed by atoms with Crippen molar-refractivity contribution in [2.75, 3.05) is 26.2 Å². The molecule has 0 saturated carbocycles. The normalized spacial score (nSPS) is 32.8. The van der Waals surface area contributed by atoms with E-state index in [-0.39, 0.29) is 5.41 Å². The molecule has 2 fully saturated rings. The van der Waals surface area contributed by atoms with Gasteiger partial charge in [-0.15, -0.1) is 0 Å². The first kappa shape index (κ1) is 12.8. The highest BCUT2D eigenvalue weighted by Crippen LogP contribution is 2.33. The lowest BCUT2D eigenvalue weighted by molar-refractivity contribution is -0.145. The number of nitrogens with one attached hydrogen (secondary N) is 1. The van der Waals surface area contributed by atoms with E-state index in [1.54, 1.807) is 0 Å². The molecule has 0 aromatic carbocycles. The van der Waals surface area contributed by atoms with E-state index in [1.807, 2.05) is 11.8 Å². The molecule has 2 heterocycles. The minimum Gasteiger partial charge on any atom is -0.390 e. The first-order valence-corrected chi connectivity index (χ1v) is 6.72. The number of nitrogens with zero attached hydrogens (tertiary/aromatic N) is 1. The summed E-state index contributed by atoms with van der Waals surface area (Å²) in [4.78, 5) is 14.5. The summed E-state index contributed by atoms with van der Waals surface area (Å²) < 4.78 is 0. The SMILES string of the molecule is CCC1(C(=O)N2CCC(C)(O)CC2)CCNC1. The van der Waals surface area contributed by atoms with Gasteiger partial charge in [-0.05, 0) is 39.2 Å². The predicted molar refractivity (Wildman–Crippen MR) is 66.6 cm³/mol. The van der Waals surface area contributed by atoms with Crippen LogP contribution in [0.25, 0.3) is 0 Å². The van der Waals surface area contributed by atoms with Crippen LogP contribution in [0, 0.1) is 5.41 Å². The van der Waals surface area contributed by atoms with Gasteiger partial charge in [0.15, 0.2) is 0 Å². The maximum absolute atomic E-state index is 12.6. The molecule has 0 aliphatic carbocycles. The zero-order valence-corrected chi connectivity index (χ0v) is 11.0. The van der Waals surface area contributed by atoms with Gasteiger partial charge in [0.05, 0.1) is 11.0 Å². The average molecular weight is 240 g/mol. The highest BCUT2D eigenvalue weighted by atomic mass is 16.3. The summed E-state index contributed by atoms with van der Waals surface area (Å²) in [6.07, 6.45) is 3.26. The lowest BCUT2D eigenvalue weighted by atomic mass is 9.81. The number of amides is 1. The van der Waals surface area contributed by atoms with Crippen molar-refractivity contribution in [3.63, 3.8) is 0 Å². The third kappa shape index (κ3) is 2.47. The number of piperidine rings is 1. The van der Waals surface area contributed by atoms with Crippen LogP contribution < -0.4 is 5.32 Å². The standard InChI is InChI=1S/C13H24N2O2/c1-3-13(4-7-14-10-13)11(16)15-8-5-12(2,17)6-9-15/h14,17H,3-10H2,1-2H3. The molecule has 2 aliphatic heterocycles. The maximum Gasteiger partial charge on any atom is 0.230 e. The maximum atomic E-state index is 12.6. The number of hydrogen-bond donors (Lipinski definition) is 2. The minimum absolute atomic E-state index is 0.177. The summed E-state index contributed by atoms with van der Waals surface area (Å²) in [7, 11) is 0. The second-order valence-corrected chi connectivity index (χ2v) is 5.85. The second kappa shape index (κ2) is 4.58. The van der Waals surface area contributed by atoms with Crippen LogP contribution in [-0.4, -0.2) is 47.7 Å². The fourth-order valence-electron chi connectivity index (χ4n) is 2.91. The Kier molecular flexibility index (Phi) is 3.46. The highest BCUT2D eigenvalue weighted by molar-refractivity contribution is 5.83. The molecule has 0 bridgehead atoms. The van der Waals surface area contributed by atoms with Crippen molar-refractivity contribution in [1.82, 2.24) is 10.2 Å². The minimum atomic E-state index is -0.579. The van der Waals surface area contributed by atoms with Crippen molar-refractivity contribution in [2.45, 2.75) is 45.1 Å². The lowest BCUT2D eigenvalue weighted by Gasteiger charge is -2.40. The Labute approximate surface area is 103 Å². The van der Waals surface area contributed by atoms with Crippen LogP contribution in [0.1, 0.15) is 39.5 Å². The highest BCUT2D eigenvalue weighted by Gasteiger charge is 2.43. The zero-order chi connectivity index (χ0) is 12.5. The van der Waals surface area contributed by atoms with Crippen LogP contribution in [-0.2, 0) is 4.79 Å². The van der Waals surface area contributed by atoms with Gasteiger partial charge in [-0.25, -0.2) is 0 Å². The van der Waals surface area contributed by atoms with Gasteiger partial charge in [0, 0.05) is 19.6 Å². The van der Waals surface area contributed by atoms with Crippen LogP contribution in [0.5, 0.6) is 0 Å². The molecule has 0 aromatic heterocycles. The molecule has 1 atom stereocenters. The summed E-state index contributed by atoms with van der Waals surface area (Å²) in [5, 5.41) is 13.2. The molecule has 2 saturated heterocycles. The van der Waals surface area contributed by atoms with Crippen LogP contribution in [0.15, 0.2) is 0 Å². The van der Waals surface area contributed by atoms with Gasteiger partial charge >= 0.3 is 0 Å². The van der Waals surface area contributed by atoms with Crippen molar-refractivity contribution in [3.05, 3.63) is 0 Å². The lowest BCUT2D eigenvalue weighted by Crippen LogP contribution is -2.51. The third-order valence-corrected chi connectivity index (χ3v) is 4.50. The van der Waals surface area contributed by atoms with Gasteiger partial charge in [-0.1, -0.05) is 6.92 Å². The fraction of sp³-hybridized carbons (Fsp3) is 0.923. The van der Waals surface area contributed by atoms with E-state index in [0.29, 0.717) is 31.8 Å². The van der Waals surface area contributed by atoms with Gasteiger partial charge in [0.25, 0.3) is 0 Å². The summed E-state index contributed by atoms with van der Waals surface area (Å²) in [6, 6.07) is 0. The predicted octanol–water partition coefficient (Wildman–Crippen LogP) is 0.749. The number of aliphatic hydroxyl groups is 1. The molecule has 98 valence electrons. The number of hydrogen-bond acceptors (Lipinski definition) is 3. The largest absolute Gasteiger partial charge is 0.390 e. The molecular weight excluding hydrogens is 216 g/mol. The Bertz CT molecular complexity index is 286. The van der Waals surface area contributed by atoms with Crippen molar-refractivity contribution < 1.29 is 9.90 Å². The number of rotatable bonds is 2. The van der Waals surface area contributed by atoms with Crippen molar-refractivity contribution in [3.8, 4) is 0 Å². The van der Waals surface area contributed by atoms with Crippen molar-refractivity contribution >= 4 is 5.91 Å². The Morgan fingerprint density at radius 3 is 2.47 bits per heavy atom. The molecule has 2 N–H and O–H groups in total. The molecule has 2 aliphatic rings. The Morgan fingerprint density at radius 2 is 2.00 bits per heavy atom. The third-order valence-electron chi connectivity index (χ3n) is 4.50. The molecule has 4 heteroatoms. The smallest absolute Gasteiger partial charge is 0.230 e. The van der Waals surface area contributed by atoms with E-state index in [9.17, 15) is 9.90 Å². The van der Waals surface area contributed by atoms with E-state index in [4.69, 9.17) is 0 Å². The average Bonchev–Trinajstić information content (AvgIpc) is 2.78. The Morgan fingerprint density at radius 1 is 1.35 bits per heavy atom. The van der Waals surface area contributed by atoms with Crippen molar-refractivity contribution in [2.24, 2.45) is 5.41 Å². The van der Waals surface area contributed by atoms with Crippen LogP contribution in [0.3, 0.4) is 0 Å². The summed E-state index contributed by atoms with van der Waals surface area (Å²) in [5.41, 5.74) is -0.757. The van der Waals surface area contributed by atoms with Gasteiger partial charge in [-0.2, -0.15) is 0 Å². The first-order chi connectivity index (χ1) is 7.99. The van der Waals surface area contributed by atoms with E-state index in [2.05, 4.69) is 12.2 Å². The summed E-state index contributed by atoms with van der Waals surface area (Å²) in [6.45, 7) is 7.13. The Hall–Kier alpha value is -0.610. The van der Waals surface area contributed by atoms with E-state index < -0.39 is 5.60 Å². The quantitative estimate of drug-likeness (QED) is 0.749. The van der Waals surface area contributed by atoms with Gasteiger partial charge in [-0.3, -0.25) is 4.79 Å². The molecule has 4 nitrogen and oxygen atoms in total. The van der Waals surface area contributed by atoms with E-state index >= 15 is 0 Å². The fourth-order valence-corrected chi connectivity index (χ4v) is 2.91. The monoisotopic (exact) mass is 240 g/mol. The number of carbonyl (C=O) groups excluding carboxylic acids is 1. The molecule has 17 heavy (non-hydrogen) atoms. The van der Waals surface area contributed by atoms with Gasteiger partial charge in [0.1, 0.15) is 0 Å². The summed E-state index contributed by atoms with van der Waals surface area (Å²) in [5.74, 6) is 0.292. The molecule has 0 radical (unpaired) electrons. The molecular formula is C13H24N2O2. The van der Waals surface area contributed by atoms with Crippen LogP contribution in [0.4, 0.5) is 0 Å². The molecule has 1 unspecified atom stereocenters.